The molecule has 2 heteroatoms. The molecular weight excluding hydrogens is 248 g/mol. The fourth-order valence-corrected chi connectivity index (χ4v) is 5.56. The summed E-state index contributed by atoms with van der Waals surface area (Å²) in [4.78, 5) is 0. The molecule has 19 heavy (non-hydrogen) atoms. The second kappa shape index (κ2) is 4.59. The zero-order valence-corrected chi connectivity index (χ0v) is 15.0. The summed E-state index contributed by atoms with van der Waals surface area (Å²) in [7, 11) is 1.21. The Morgan fingerprint density at radius 2 is 2.16 bits per heavy atom. The monoisotopic (exact) mass is 276 g/mol. The van der Waals surface area contributed by atoms with Crippen molar-refractivity contribution in [2.24, 2.45) is 16.7 Å². The second-order valence-electron chi connectivity index (χ2n) is 7.83. The Morgan fingerprint density at radius 1 is 1.37 bits per heavy atom. The Bertz CT molecular complexity index is 430. The molecule has 0 aliphatic heterocycles. The number of rotatable bonds is 4. The van der Waals surface area contributed by atoms with Crippen LogP contribution in [0.5, 0.6) is 0 Å². The van der Waals surface area contributed by atoms with E-state index < -0.39 is 0 Å². The summed E-state index contributed by atoms with van der Waals surface area (Å²) in [5, 5.41) is 1.67. The first-order valence-corrected chi connectivity index (χ1v) is 8.90. The van der Waals surface area contributed by atoms with E-state index in [1.165, 1.54) is 35.9 Å². The highest BCUT2D eigenvalue weighted by atomic mass is 28.1. The smallest absolute Gasteiger partial charge is 0.0682 e. The summed E-state index contributed by atoms with van der Waals surface area (Å²) in [6, 6.07) is 0. The van der Waals surface area contributed by atoms with Crippen LogP contribution in [0.3, 0.4) is 0 Å². The molecule has 0 heterocycles. The van der Waals surface area contributed by atoms with E-state index in [1.807, 2.05) is 0 Å². The number of fused-ring (bicyclic) bond motifs is 2. The van der Waals surface area contributed by atoms with Crippen molar-refractivity contribution in [3.8, 4) is 0 Å². The van der Waals surface area contributed by atoms with Crippen LogP contribution in [0.2, 0.25) is 0 Å². The minimum atomic E-state index is 0.386. The van der Waals surface area contributed by atoms with Crippen molar-refractivity contribution in [1.82, 2.24) is 0 Å². The van der Waals surface area contributed by atoms with E-state index in [2.05, 4.69) is 32.9 Å². The van der Waals surface area contributed by atoms with Crippen LogP contribution in [0.15, 0.2) is 22.9 Å². The molecule has 106 valence electrons. The largest absolute Gasteiger partial charge is 0.377 e. The third kappa shape index (κ3) is 2.17. The average Bonchev–Trinajstić information content (AvgIpc) is 2.95. The molecule has 3 atom stereocenters. The molecule has 1 nitrogen and oxygen atoms in total. The van der Waals surface area contributed by atoms with Crippen molar-refractivity contribution >= 4 is 10.2 Å². The van der Waals surface area contributed by atoms with Crippen LogP contribution in [0.4, 0.5) is 0 Å². The molecule has 3 unspecified atom stereocenters. The standard InChI is InChI=1S/C17H28OSi/c1-16(2)13-7-9-17(3,11-13)15(16)18-10-8-12-5-4-6-14(12)19/h4-5,13,15H,6-11H2,1-3,19H3. The highest BCUT2D eigenvalue weighted by molar-refractivity contribution is 6.22. The van der Waals surface area contributed by atoms with Crippen molar-refractivity contribution in [1.29, 1.82) is 0 Å². The van der Waals surface area contributed by atoms with Gasteiger partial charge in [-0.05, 0) is 48.9 Å². The van der Waals surface area contributed by atoms with Gasteiger partial charge in [-0.3, -0.25) is 0 Å². The normalized spacial score (nSPS) is 39.7. The summed E-state index contributed by atoms with van der Waals surface area (Å²) < 4.78 is 6.41. The van der Waals surface area contributed by atoms with Gasteiger partial charge in [-0.25, -0.2) is 0 Å². The van der Waals surface area contributed by atoms with Gasteiger partial charge in [0.1, 0.15) is 0 Å². The topological polar surface area (TPSA) is 9.23 Å². The highest BCUT2D eigenvalue weighted by Gasteiger charge is 2.59. The van der Waals surface area contributed by atoms with Crippen LogP contribution < -0.4 is 0 Å². The van der Waals surface area contributed by atoms with Crippen molar-refractivity contribution in [3.63, 3.8) is 0 Å². The number of hydrogen-bond donors (Lipinski definition) is 0. The average molecular weight is 276 g/mol. The molecule has 0 saturated heterocycles. The first-order chi connectivity index (χ1) is 8.93. The van der Waals surface area contributed by atoms with E-state index in [0.717, 1.165) is 18.9 Å². The molecular formula is C17H28OSi. The summed E-state index contributed by atoms with van der Waals surface area (Å²) in [5.74, 6) is 0.891. The molecule has 2 fully saturated rings. The maximum atomic E-state index is 6.41. The van der Waals surface area contributed by atoms with E-state index in [4.69, 9.17) is 4.74 Å². The van der Waals surface area contributed by atoms with E-state index in [1.54, 1.807) is 10.8 Å². The van der Waals surface area contributed by atoms with Crippen LogP contribution in [0.1, 0.15) is 52.9 Å². The Balaban J connectivity index is 1.61. The maximum Gasteiger partial charge on any atom is 0.0682 e. The van der Waals surface area contributed by atoms with Gasteiger partial charge in [0.2, 0.25) is 0 Å². The lowest BCUT2D eigenvalue weighted by atomic mass is 9.70. The SMILES string of the molecule is CC12CCC(C1)C(C)(C)C2OCCC1=C([SiH3])CC=C1. The Labute approximate surface area is 120 Å². The van der Waals surface area contributed by atoms with Gasteiger partial charge < -0.3 is 4.74 Å². The van der Waals surface area contributed by atoms with Crippen LogP contribution >= 0.6 is 0 Å². The van der Waals surface area contributed by atoms with Crippen molar-refractivity contribution in [2.45, 2.75) is 59.0 Å². The first kappa shape index (κ1) is 13.6. The molecule has 0 radical (unpaired) electrons. The summed E-state index contributed by atoms with van der Waals surface area (Å²) in [5.41, 5.74) is 2.41. The molecule has 2 bridgehead atoms. The van der Waals surface area contributed by atoms with Gasteiger partial charge in [0.15, 0.2) is 0 Å². The zero-order valence-electron chi connectivity index (χ0n) is 13.0. The fraction of sp³-hybridized carbons (Fsp3) is 0.765. The number of allylic oxidation sites excluding steroid dienone is 3. The van der Waals surface area contributed by atoms with Crippen LogP contribution in [-0.2, 0) is 4.74 Å². The van der Waals surface area contributed by atoms with Crippen LogP contribution in [0.25, 0.3) is 0 Å². The van der Waals surface area contributed by atoms with Crippen molar-refractivity contribution < 1.29 is 4.74 Å². The van der Waals surface area contributed by atoms with Crippen molar-refractivity contribution in [3.05, 3.63) is 22.9 Å². The third-order valence-corrected chi connectivity index (χ3v) is 7.14. The minimum absolute atomic E-state index is 0.386. The minimum Gasteiger partial charge on any atom is -0.377 e. The predicted octanol–water partition coefficient (Wildman–Crippen LogP) is 3.19. The lowest BCUT2D eigenvalue weighted by Gasteiger charge is -2.42. The predicted molar refractivity (Wildman–Crippen MR) is 84.3 cm³/mol. The van der Waals surface area contributed by atoms with Gasteiger partial charge in [-0.1, -0.05) is 43.7 Å². The molecule has 3 rings (SSSR count). The molecule has 0 aromatic rings. The summed E-state index contributed by atoms with van der Waals surface area (Å²) >= 11 is 0. The van der Waals surface area contributed by atoms with Gasteiger partial charge >= 0.3 is 0 Å². The number of ether oxygens (including phenoxy) is 1. The van der Waals surface area contributed by atoms with E-state index in [0.29, 0.717) is 16.9 Å². The summed E-state index contributed by atoms with van der Waals surface area (Å²) in [6.07, 6.45) is 11.6. The molecule has 0 spiro atoms. The van der Waals surface area contributed by atoms with E-state index in [9.17, 15) is 0 Å². The van der Waals surface area contributed by atoms with Crippen LogP contribution in [0, 0.1) is 16.7 Å². The molecule has 0 N–H and O–H groups in total. The van der Waals surface area contributed by atoms with Gasteiger partial charge in [0.05, 0.1) is 12.7 Å². The lowest BCUT2D eigenvalue weighted by Crippen LogP contribution is -2.42. The highest BCUT2D eigenvalue weighted by Crippen LogP contribution is 2.63. The lowest BCUT2D eigenvalue weighted by molar-refractivity contribution is -0.0872. The zero-order chi connectivity index (χ0) is 13.7. The van der Waals surface area contributed by atoms with E-state index >= 15 is 0 Å². The molecule has 0 amide bonds. The Morgan fingerprint density at radius 3 is 2.74 bits per heavy atom. The maximum absolute atomic E-state index is 6.41. The first-order valence-electron chi connectivity index (χ1n) is 7.90. The third-order valence-electron chi connectivity index (χ3n) is 6.08. The molecule has 0 aromatic heterocycles. The quantitative estimate of drug-likeness (QED) is 0.717. The van der Waals surface area contributed by atoms with E-state index in [-0.39, 0.29) is 0 Å². The van der Waals surface area contributed by atoms with Crippen molar-refractivity contribution in [2.75, 3.05) is 6.61 Å². The second-order valence-corrected chi connectivity index (χ2v) is 9.04. The fourth-order valence-electron chi connectivity index (χ4n) is 4.91. The Kier molecular flexibility index (Phi) is 3.30. The van der Waals surface area contributed by atoms with Gasteiger partial charge in [0.25, 0.3) is 0 Å². The Hall–Kier alpha value is -0.343. The van der Waals surface area contributed by atoms with Gasteiger partial charge in [-0.2, -0.15) is 0 Å². The molecule has 2 saturated carbocycles. The molecule has 0 aromatic carbocycles. The van der Waals surface area contributed by atoms with Gasteiger partial charge in [-0.15, -0.1) is 0 Å². The van der Waals surface area contributed by atoms with Crippen LogP contribution in [-0.4, -0.2) is 23.0 Å². The molecule has 3 aliphatic carbocycles. The molecule has 3 aliphatic rings. The summed E-state index contributed by atoms with van der Waals surface area (Å²) in [6.45, 7) is 8.24. The van der Waals surface area contributed by atoms with Gasteiger partial charge in [0, 0.05) is 10.2 Å². The number of hydrogen-bond acceptors (Lipinski definition) is 1.